The third-order valence-electron chi connectivity index (χ3n) is 4.31. The number of carbonyl (C=O) groups is 1. The van der Waals surface area contributed by atoms with E-state index in [1.807, 2.05) is 4.90 Å². The lowest BCUT2D eigenvalue weighted by Gasteiger charge is -2.48. The van der Waals surface area contributed by atoms with Gasteiger partial charge < -0.3 is 16.0 Å². The third kappa shape index (κ3) is 2.60. The molecule has 21 heavy (non-hydrogen) atoms. The van der Waals surface area contributed by atoms with Gasteiger partial charge >= 0.3 is 0 Å². The minimum absolute atomic E-state index is 0.00613. The van der Waals surface area contributed by atoms with Gasteiger partial charge in [-0.1, -0.05) is 0 Å². The van der Waals surface area contributed by atoms with Crippen molar-refractivity contribution in [2.75, 3.05) is 5.73 Å². The number of anilines is 1. The molecule has 2 aliphatic heterocycles. The highest BCUT2D eigenvalue weighted by atomic mass is 16.2. The Bertz CT molecular complexity index is 580. The SMILES string of the molecule is CC1(C)CC(N2Cc3nc(N)ncc3C2=O)CC(C)(C)N1. The summed E-state index contributed by atoms with van der Waals surface area (Å²) in [7, 11) is 0. The van der Waals surface area contributed by atoms with E-state index in [0.29, 0.717) is 12.1 Å². The topological polar surface area (TPSA) is 84.1 Å². The maximum absolute atomic E-state index is 12.6. The first kappa shape index (κ1) is 14.3. The van der Waals surface area contributed by atoms with Gasteiger partial charge in [0.15, 0.2) is 0 Å². The van der Waals surface area contributed by atoms with E-state index in [2.05, 4.69) is 43.0 Å². The maximum atomic E-state index is 12.6. The number of rotatable bonds is 1. The normalized spacial score (nSPS) is 24.2. The molecule has 0 spiro atoms. The first-order valence-electron chi connectivity index (χ1n) is 7.39. The van der Waals surface area contributed by atoms with Gasteiger partial charge in [0.05, 0.1) is 17.8 Å². The van der Waals surface area contributed by atoms with Gasteiger partial charge in [0.25, 0.3) is 5.91 Å². The summed E-state index contributed by atoms with van der Waals surface area (Å²) in [5.41, 5.74) is 6.98. The van der Waals surface area contributed by atoms with Crippen molar-refractivity contribution < 1.29 is 4.79 Å². The minimum Gasteiger partial charge on any atom is -0.368 e. The first-order chi connectivity index (χ1) is 9.67. The van der Waals surface area contributed by atoms with Gasteiger partial charge in [-0.15, -0.1) is 0 Å². The lowest BCUT2D eigenvalue weighted by molar-refractivity contribution is 0.0465. The van der Waals surface area contributed by atoms with Crippen LogP contribution in [0, 0.1) is 0 Å². The second-order valence-electron chi connectivity index (χ2n) is 7.48. The molecule has 1 aromatic heterocycles. The summed E-state index contributed by atoms with van der Waals surface area (Å²) in [6, 6.07) is 0.208. The summed E-state index contributed by atoms with van der Waals surface area (Å²) in [5.74, 6) is 0.262. The van der Waals surface area contributed by atoms with Crippen molar-refractivity contribution in [1.29, 1.82) is 0 Å². The molecular weight excluding hydrogens is 266 g/mol. The van der Waals surface area contributed by atoms with E-state index in [9.17, 15) is 4.79 Å². The average Bonchev–Trinajstić information content (AvgIpc) is 2.62. The molecule has 3 heterocycles. The van der Waals surface area contributed by atoms with E-state index < -0.39 is 0 Å². The van der Waals surface area contributed by atoms with Crippen molar-refractivity contribution in [1.82, 2.24) is 20.2 Å². The molecule has 3 rings (SSSR count). The lowest BCUT2D eigenvalue weighted by Crippen LogP contribution is -2.62. The third-order valence-corrected chi connectivity index (χ3v) is 4.31. The Labute approximate surface area is 125 Å². The molecule has 1 saturated heterocycles. The molecule has 0 unspecified atom stereocenters. The van der Waals surface area contributed by atoms with Crippen LogP contribution in [-0.2, 0) is 6.54 Å². The predicted molar refractivity (Wildman–Crippen MR) is 80.6 cm³/mol. The fraction of sp³-hybridized carbons (Fsp3) is 0.667. The smallest absolute Gasteiger partial charge is 0.257 e. The van der Waals surface area contributed by atoms with Crippen LogP contribution in [0.5, 0.6) is 0 Å². The van der Waals surface area contributed by atoms with E-state index >= 15 is 0 Å². The van der Waals surface area contributed by atoms with E-state index in [1.165, 1.54) is 0 Å². The van der Waals surface area contributed by atoms with Crippen molar-refractivity contribution in [3.05, 3.63) is 17.5 Å². The second kappa shape index (κ2) is 4.40. The number of hydrogen-bond donors (Lipinski definition) is 2. The summed E-state index contributed by atoms with van der Waals surface area (Å²) in [5, 5.41) is 3.64. The van der Waals surface area contributed by atoms with Gasteiger partial charge in [-0.3, -0.25) is 4.79 Å². The van der Waals surface area contributed by atoms with Crippen LogP contribution in [0.2, 0.25) is 0 Å². The van der Waals surface area contributed by atoms with Crippen molar-refractivity contribution >= 4 is 11.9 Å². The molecule has 0 bridgehead atoms. The molecule has 1 amide bonds. The monoisotopic (exact) mass is 289 g/mol. The van der Waals surface area contributed by atoms with Crippen LogP contribution in [0.3, 0.4) is 0 Å². The number of nitrogens with two attached hydrogens (primary N) is 1. The number of carbonyl (C=O) groups excluding carboxylic acids is 1. The van der Waals surface area contributed by atoms with Gasteiger partial charge in [-0.2, -0.15) is 0 Å². The van der Waals surface area contributed by atoms with E-state index in [0.717, 1.165) is 18.5 Å². The molecule has 6 heteroatoms. The van der Waals surface area contributed by atoms with Crippen LogP contribution in [0.4, 0.5) is 5.95 Å². The zero-order valence-corrected chi connectivity index (χ0v) is 13.1. The molecule has 0 radical (unpaired) electrons. The standard InChI is InChI=1S/C15H23N5O/c1-14(2)5-9(6-15(3,4)19-14)20-8-11-10(12(20)21)7-17-13(16)18-11/h7,9,19H,5-6,8H2,1-4H3,(H2,16,17,18). The van der Waals surface area contributed by atoms with E-state index in [-0.39, 0.29) is 29.0 Å². The number of amides is 1. The summed E-state index contributed by atoms with van der Waals surface area (Å²) in [6.45, 7) is 9.29. The summed E-state index contributed by atoms with van der Waals surface area (Å²) in [6.07, 6.45) is 3.41. The Hall–Kier alpha value is -1.69. The molecule has 0 aromatic carbocycles. The van der Waals surface area contributed by atoms with Crippen LogP contribution >= 0.6 is 0 Å². The van der Waals surface area contributed by atoms with E-state index in [1.54, 1.807) is 6.20 Å². The highest BCUT2D eigenvalue weighted by Crippen LogP contribution is 2.35. The molecule has 0 atom stereocenters. The van der Waals surface area contributed by atoms with Crippen molar-refractivity contribution in [2.45, 2.75) is 64.2 Å². The molecule has 114 valence electrons. The first-order valence-corrected chi connectivity index (χ1v) is 7.39. The van der Waals surface area contributed by atoms with Crippen LogP contribution in [-0.4, -0.2) is 37.9 Å². The Morgan fingerprint density at radius 3 is 2.52 bits per heavy atom. The van der Waals surface area contributed by atoms with Crippen LogP contribution in [0.1, 0.15) is 56.6 Å². The fourth-order valence-corrected chi connectivity index (χ4v) is 3.90. The Morgan fingerprint density at radius 1 is 1.29 bits per heavy atom. The average molecular weight is 289 g/mol. The molecule has 1 fully saturated rings. The van der Waals surface area contributed by atoms with E-state index in [4.69, 9.17) is 5.73 Å². The fourth-order valence-electron chi connectivity index (χ4n) is 3.90. The molecule has 2 aliphatic rings. The largest absolute Gasteiger partial charge is 0.368 e. The van der Waals surface area contributed by atoms with Gasteiger partial charge in [0, 0.05) is 23.3 Å². The summed E-state index contributed by atoms with van der Waals surface area (Å²) < 4.78 is 0. The van der Waals surface area contributed by atoms with Crippen molar-refractivity contribution in [3.8, 4) is 0 Å². The Morgan fingerprint density at radius 2 is 1.90 bits per heavy atom. The van der Waals surface area contributed by atoms with Crippen LogP contribution in [0.25, 0.3) is 0 Å². The number of hydrogen-bond acceptors (Lipinski definition) is 5. The van der Waals surface area contributed by atoms with Crippen LogP contribution in [0.15, 0.2) is 6.20 Å². The zero-order valence-electron chi connectivity index (χ0n) is 13.1. The Balaban J connectivity index is 1.87. The number of nitrogens with one attached hydrogen (secondary N) is 1. The number of nitrogens with zero attached hydrogens (tertiary/aromatic N) is 3. The van der Waals surface area contributed by atoms with Crippen molar-refractivity contribution in [3.63, 3.8) is 0 Å². The van der Waals surface area contributed by atoms with Crippen molar-refractivity contribution in [2.24, 2.45) is 0 Å². The van der Waals surface area contributed by atoms with Crippen LogP contribution < -0.4 is 11.1 Å². The number of aromatic nitrogens is 2. The summed E-state index contributed by atoms with van der Waals surface area (Å²) >= 11 is 0. The minimum atomic E-state index is 0.00613. The molecule has 1 aromatic rings. The number of piperidine rings is 1. The molecule has 0 saturated carbocycles. The van der Waals surface area contributed by atoms with Gasteiger partial charge in [0.2, 0.25) is 5.95 Å². The lowest BCUT2D eigenvalue weighted by atomic mass is 9.79. The zero-order chi connectivity index (χ0) is 15.4. The highest BCUT2D eigenvalue weighted by Gasteiger charge is 2.43. The molecule has 0 aliphatic carbocycles. The highest BCUT2D eigenvalue weighted by molar-refractivity contribution is 5.97. The second-order valence-corrected chi connectivity index (χ2v) is 7.48. The maximum Gasteiger partial charge on any atom is 0.257 e. The number of nitrogen functional groups attached to an aromatic ring is 1. The van der Waals surface area contributed by atoms with Gasteiger partial charge in [0.1, 0.15) is 0 Å². The Kier molecular flexibility index (Phi) is 2.99. The predicted octanol–water partition coefficient (Wildman–Crippen LogP) is 1.32. The number of fused-ring (bicyclic) bond motifs is 1. The quantitative estimate of drug-likeness (QED) is 0.814. The van der Waals surface area contributed by atoms with Gasteiger partial charge in [-0.25, -0.2) is 9.97 Å². The summed E-state index contributed by atoms with van der Waals surface area (Å²) in [4.78, 5) is 22.7. The molecule has 3 N–H and O–H groups in total. The molecular formula is C15H23N5O. The van der Waals surface area contributed by atoms with Gasteiger partial charge in [-0.05, 0) is 40.5 Å². The molecule has 6 nitrogen and oxygen atoms in total.